The van der Waals surface area contributed by atoms with Crippen LogP contribution < -0.4 is 5.32 Å². The molecule has 1 rings (SSSR count). The van der Waals surface area contributed by atoms with Crippen molar-refractivity contribution in [1.82, 2.24) is 15.3 Å². The predicted octanol–water partition coefficient (Wildman–Crippen LogP) is 0.0314. The molecule has 94 valence electrons. The molecule has 1 aromatic rings. The number of nitrogens with zero attached hydrogens (tertiary/aromatic N) is 2. The van der Waals surface area contributed by atoms with Crippen molar-refractivity contribution in [2.75, 3.05) is 12.8 Å². The Morgan fingerprint density at radius 1 is 1.65 bits per heavy atom. The first-order chi connectivity index (χ1) is 8.02. The van der Waals surface area contributed by atoms with E-state index in [4.69, 9.17) is 5.11 Å². The molecule has 0 aliphatic heterocycles. The van der Waals surface area contributed by atoms with Gasteiger partial charge in [0.25, 0.3) is 0 Å². The Morgan fingerprint density at radius 3 is 2.94 bits per heavy atom. The minimum Gasteiger partial charge on any atom is -0.478 e. The van der Waals surface area contributed by atoms with E-state index >= 15 is 0 Å². The van der Waals surface area contributed by atoms with Gasteiger partial charge in [-0.2, -0.15) is 0 Å². The van der Waals surface area contributed by atoms with Crippen LogP contribution in [0.25, 0.3) is 0 Å². The van der Waals surface area contributed by atoms with Crippen LogP contribution in [0.15, 0.2) is 12.5 Å². The lowest BCUT2D eigenvalue weighted by Gasteiger charge is -2.10. The van der Waals surface area contributed by atoms with Gasteiger partial charge >= 0.3 is 5.97 Å². The zero-order chi connectivity index (χ0) is 12.8. The van der Waals surface area contributed by atoms with E-state index in [1.165, 1.54) is 12.5 Å². The van der Waals surface area contributed by atoms with Crippen LogP contribution in [0.5, 0.6) is 0 Å². The summed E-state index contributed by atoms with van der Waals surface area (Å²) in [6.45, 7) is 2.74. The summed E-state index contributed by atoms with van der Waals surface area (Å²) >= 11 is 0. The summed E-state index contributed by atoms with van der Waals surface area (Å²) in [6.07, 6.45) is 4.22. The maximum atomic E-state index is 11.1. The standard InChI is InChI=1S/C10H15N3O3S/c1-7(17(2)16)3-11-5-9-8(10(14)15)4-12-6-13-9/h4,6-7,11H,3,5H2,1-2H3,(H,14,15). The molecular weight excluding hydrogens is 242 g/mol. The molecule has 0 bridgehead atoms. The van der Waals surface area contributed by atoms with Crippen LogP contribution in [0.3, 0.4) is 0 Å². The average molecular weight is 257 g/mol. The third-order valence-electron chi connectivity index (χ3n) is 2.32. The number of aromatic nitrogens is 2. The summed E-state index contributed by atoms with van der Waals surface area (Å²) in [5.74, 6) is -1.05. The Hall–Kier alpha value is -1.34. The number of hydrogen-bond donors (Lipinski definition) is 2. The molecule has 0 saturated heterocycles. The van der Waals surface area contributed by atoms with E-state index in [1.54, 1.807) is 6.26 Å². The molecule has 0 fully saturated rings. The first-order valence-corrected chi connectivity index (χ1v) is 6.69. The van der Waals surface area contributed by atoms with Crippen molar-refractivity contribution in [2.45, 2.75) is 18.7 Å². The second-order valence-corrected chi connectivity index (χ2v) is 5.43. The third kappa shape index (κ3) is 4.20. The molecule has 7 heteroatoms. The molecular formula is C10H15N3O3S. The fourth-order valence-electron chi connectivity index (χ4n) is 1.19. The summed E-state index contributed by atoms with van der Waals surface area (Å²) in [6, 6.07) is 0. The van der Waals surface area contributed by atoms with Gasteiger partial charge in [-0.3, -0.25) is 4.21 Å². The van der Waals surface area contributed by atoms with Crippen molar-refractivity contribution in [3.63, 3.8) is 0 Å². The highest BCUT2D eigenvalue weighted by Crippen LogP contribution is 2.03. The summed E-state index contributed by atoms with van der Waals surface area (Å²) in [5, 5.41) is 12.0. The highest BCUT2D eigenvalue weighted by Gasteiger charge is 2.11. The fraction of sp³-hybridized carbons (Fsp3) is 0.500. The Bertz CT molecular complexity index is 425. The van der Waals surface area contributed by atoms with Gasteiger partial charge < -0.3 is 10.4 Å². The van der Waals surface area contributed by atoms with Gasteiger partial charge in [0, 0.05) is 41.6 Å². The number of rotatable bonds is 6. The molecule has 0 amide bonds. The Kier molecular flexibility index (Phi) is 5.17. The van der Waals surface area contributed by atoms with Gasteiger partial charge in [-0.1, -0.05) is 0 Å². The van der Waals surface area contributed by atoms with Crippen molar-refractivity contribution in [1.29, 1.82) is 0 Å². The Morgan fingerprint density at radius 2 is 2.35 bits per heavy atom. The minimum atomic E-state index is -1.05. The molecule has 17 heavy (non-hydrogen) atoms. The molecule has 2 atom stereocenters. The van der Waals surface area contributed by atoms with Gasteiger partial charge in [0.05, 0.1) is 5.69 Å². The smallest absolute Gasteiger partial charge is 0.339 e. The van der Waals surface area contributed by atoms with Gasteiger partial charge in [-0.15, -0.1) is 0 Å². The summed E-state index contributed by atoms with van der Waals surface area (Å²) in [5.41, 5.74) is 0.520. The summed E-state index contributed by atoms with van der Waals surface area (Å²) in [4.78, 5) is 18.5. The normalized spacial score (nSPS) is 14.2. The lowest BCUT2D eigenvalue weighted by atomic mass is 10.2. The van der Waals surface area contributed by atoms with E-state index in [0.29, 0.717) is 18.8 Å². The molecule has 0 spiro atoms. The maximum absolute atomic E-state index is 11.1. The molecule has 2 unspecified atom stereocenters. The van der Waals surface area contributed by atoms with Crippen molar-refractivity contribution in [3.8, 4) is 0 Å². The topological polar surface area (TPSA) is 92.2 Å². The van der Waals surface area contributed by atoms with Crippen molar-refractivity contribution < 1.29 is 14.1 Å². The predicted molar refractivity (Wildman–Crippen MR) is 64.2 cm³/mol. The molecule has 0 radical (unpaired) electrons. The lowest BCUT2D eigenvalue weighted by molar-refractivity contribution is 0.0694. The third-order valence-corrected chi connectivity index (χ3v) is 3.62. The number of nitrogens with one attached hydrogen (secondary N) is 1. The van der Waals surface area contributed by atoms with Crippen LogP contribution in [-0.2, 0) is 17.3 Å². The van der Waals surface area contributed by atoms with Gasteiger partial charge in [0.2, 0.25) is 0 Å². The van der Waals surface area contributed by atoms with Crippen molar-refractivity contribution in [2.24, 2.45) is 0 Å². The van der Waals surface area contributed by atoms with Crippen LogP contribution in [-0.4, -0.2) is 43.3 Å². The first-order valence-electron chi connectivity index (χ1n) is 5.07. The zero-order valence-corrected chi connectivity index (χ0v) is 10.5. The second kappa shape index (κ2) is 6.41. The highest BCUT2D eigenvalue weighted by atomic mass is 32.2. The number of aromatic carboxylic acids is 1. The monoisotopic (exact) mass is 257 g/mol. The minimum absolute atomic E-state index is 0.0186. The van der Waals surface area contributed by atoms with Crippen LogP contribution in [0.4, 0.5) is 0 Å². The largest absolute Gasteiger partial charge is 0.478 e. The number of hydrogen-bond acceptors (Lipinski definition) is 5. The van der Waals surface area contributed by atoms with Crippen LogP contribution in [0.1, 0.15) is 23.0 Å². The van der Waals surface area contributed by atoms with Crippen molar-refractivity contribution >= 4 is 16.8 Å². The molecule has 0 saturated carbocycles. The number of carboxylic acids is 1. The summed E-state index contributed by atoms with van der Waals surface area (Å²) < 4.78 is 11.1. The Labute approximate surface area is 102 Å². The Balaban J connectivity index is 2.58. The molecule has 1 heterocycles. The van der Waals surface area contributed by atoms with Crippen LogP contribution in [0.2, 0.25) is 0 Å². The van der Waals surface area contributed by atoms with E-state index in [0.717, 1.165) is 0 Å². The highest BCUT2D eigenvalue weighted by molar-refractivity contribution is 7.84. The average Bonchev–Trinajstić information content (AvgIpc) is 2.29. The molecule has 0 aromatic carbocycles. The van der Waals surface area contributed by atoms with E-state index in [1.807, 2.05) is 6.92 Å². The lowest BCUT2D eigenvalue weighted by Crippen LogP contribution is -2.28. The SMILES string of the molecule is CC(CNCc1ncncc1C(=O)O)S(C)=O. The van der Waals surface area contributed by atoms with Gasteiger partial charge in [0.1, 0.15) is 11.9 Å². The van der Waals surface area contributed by atoms with Gasteiger partial charge in [-0.05, 0) is 6.92 Å². The molecule has 2 N–H and O–H groups in total. The zero-order valence-electron chi connectivity index (χ0n) is 9.71. The first kappa shape index (κ1) is 13.7. The molecule has 6 nitrogen and oxygen atoms in total. The fourth-order valence-corrected chi connectivity index (χ4v) is 1.54. The molecule has 0 aliphatic carbocycles. The quantitative estimate of drug-likeness (QED) is 0.747. The maximum Gasteiger partial charge on any atom is 0.339 e. The van der Waals surface area contributed by atoms with Gasteiger partial charge in [0.15, 0.2) is 0 Å². The second-order valence-electron chi connectivity index (χ2n) is 3.63. The molecule has 1 aromatic heterocycles. The van der Waals surface area contributed by atoms with E-state index in [9.17, 15) is 9.00 Å². The van der Waals surface area contributed by atoms with Crippen molar-refractivity contribution in [3.05, 3.63) is 23.8 Å². The number of carbonyl (C=O) groups is 1. The molecule has 0 aliphatic rings. The number of carboxylic acid groups (broad SMARTS) is 1. The van der Waals surface area contributed by atoms with E-state index < -0.39 is 16.8 Å². The van der Waals surface area contributed by atoms with E-state index in [-0.39, 0.29) is 10.8 Å². The van der Waals surface area contributed by atoms with Gasteiger partial charge in [-0.25, -0.2) is 14.8 Å². The van der Waals surface area contributed by atoms with Crippen LogP contribution in [0, 0.1) is 0 Å². The van der Waals surface area contributed by atoms with E-state index in [2.05, 4.69) is 15.3 Å². The van der Waals surface area contributed by atoms with Crippen LogP contribution >= 0.6 is 0 Å². The summed E-state index contributed by atoms with van der Waals surface area (Å²) in [7, 11) is -0.894.